The molecule has 68 valence electrons. The largest absolute Gasteiger partial charge is 0.358 e. The van der Waals surface area contributed by atoms with Crippen LogP contribution in [0.5, 0.6) is 0 Å². The lowest BCUT2D eigenvalue weighted by molar-refractivity contribution is -0.123. The van der Waals surface area contributed by atoms with Crippen LogP contribution < -0.4 is 5.32 Å². The van der Waals surface area contributed by atoms with Gasteiger partial charge in [-0.25, -0.2) is 0 Å². The molecule has 1 saturated carbocycles. The summed E-state index contributed by atoms with van der Waals surface area (Å²) >= 11 is 0. The molecule has 2 rings (SSSR count). The van der Waals surface area contributed by atoms with Crippen LogP contribution in [-0.2, 0) is 9.53 Å². The average molecular weight is 169 g/mol. The molecule has 1 aliphatic heterocycles. The number of hydrogen-bond acceptors (Lipinski definition) is 2. The van der Waals surface area contributed by atoms with E-state index in [0.29, 0.717) is 12.5 Å². The van der Waals surface area contributed by atoms with E-state index in [1.807, 2.05) is 6.92 Å². The molecular formula is C9H15NO2. The fourth-order valence-electron chi connectivity index (χ4n) is 2.38. The normalized spacial score (nSPS) is 39.8. The summed E-state index contributed by atoms with van der Waals surface area (Å²) in [5.74, 6) is 0.912. The Kier molecular flexibility index (Phi) is 2.05. The van der Waals surface area contributed by atoms with Crippen molar-refractivity contribution in [1.29, 1.82) is 0 Å². The lowest BCUT2D eigenvalue weighted by atomic mass is 9.99. The Morgan fingerprint density at radius 2 is 2.42 bits per heavy atom. The van der Waals surface area contributed by atoms with Crippen molar-refractivity contribution in [3.8, 4) is 0 Å². The van der Waals surface area contributed by atoms with Crippen molar-refractivity contribution in [3.05, 3.63) is 0 Å². The Balaban J connectivity index is 2.04. The van der Waals surface area contributed by atoms with Crippen molar-refractivity contribution in [2.45, 2.75) is 32.4 Å². The van der Waals surface area contributed by atoms with Crippen LogP contribution in [0, 0.1) is 11.8 Å². The molecule has 1 N–H and O–H groups in total. The van der Waals surface area contributed by atoms with Gasteiger partial charge in [0.2, 0.25) is 5.91 Å². The first-order chi connectivity index (χ1) is 5.83. The second-order valence-electron chi connectivity index (χ2n) is 3.59. The lowest BCUT2D eigenvalue weighted by Gasteiger charge is -2.16. The lowest BCUT2D eigenvalue weighted by Crippen LogP contribution is -2.31. The van der Waals surface area contributed by atoms with Gasteiger partial charge in [0.25, 0.3) is 0 Å². The highest BCUT2D eigenvalue weighted by molar-refractivity contribution is 5.81. The van der Waals surface area contributed by atoms with E-state index < -0.39 is 0 Å². The molecule has 3 nitrogen and oxygen atoms in total. The predicted octanol–water partition coefficient (Wildman–Crippen LogP) is 0.895. The minimum Gasteiger partial charge on any atom is -0.358 e. The molecule has 0 radical (unpaired) electrons. The summed E-state index contributed by atoms with van der Waals surface area (Å²) in [6.45, 7) is 2.66. The maximum atomic E-state index is 11.3. The number of nitrogens with one attached hydrogen (secondary N) is 1. The van der Waals surface area contributed by atoms with Crippen LogP contribution in [0.1, 0.15) is 26.2 Å². The van der Waals surface area contributed by atoms with Crippen LogP contribution in [0.4, 0.5) is 0 Å². The average Bonchev–Trinajstić information content (AvgIpc) is 2.58. The topological polar surface area (TPSA) is 38.3 Å². The summed E-state index contributed by atoms with van der Waals surface area (Å²) in [6.07, 6.45) is 3.40. The van der Waals surface area contributed by atoms with Crippen molar-refractivity contribution in [3.63, 3.8) is 0 Å². The maximum Gasteiger partial charge on any atom is 0.225 e. The third-order valence-corrected chi connectivity index (χ3v) is 2.93. The molecule has 1 saturated heterocycles. The molecule has 3 heteroatoms. The summed E-state index contributed by atoms with van der Waals surface area (Å²) in [7, 11) is 0. The van der Waals surface area contributed by atoms with Crippen molar-refractivity contribution in [2.24, 2.45) is 11.8 Å². The van der Waals surface area contributed by atoms with Crippen LogP contribution in [0.3, 0.4) is 0 Å². The fourth-order valence-corrected chi connectivity index (χ4v) is 2.38. The second kappa shape index (κ2) is 3.05. The van der Waals surface area contributed by atoms with Crippen molar-refractivity contribution < 1.29 is 9.53 Å². The van der Waals surface area contributed by atoms with Crippen LogP contribution in [-0.4, -0.2) is 18.7 Å². The number of carbonyl (C=O) groups excluding carboxylic acids is 1. The first-order valence-electron chi connectivity index (χ1n) is 4.75. The SMILES string of the molecule is CCOC1NC(=O)C2CCCC12. The quantitative estimate of drug-likeness (QED) is 0.666. The number of fused-ring (bicyclic) bond motifs is 1. The van der Waals surface area contributed by atoms with Gasteiger partial charge in [0, 0.05) is 18.4 Å². The van der Waals surface area contributed by atoms with Crippen LogP contribution in [0.2, 0.25) is 0 Å². The molecular weight excluding hydrogens is 154 g/mol. The fraction of sp³-hybridized carbons (Fsp3) is 0.889. The van der Waals surface area contributed by atoms with Gasteiger partial charge in [-0.05, 0) is 19.8 Å². The van der Waals surface area contributed by atoms with E-state index in [1.165, 1.54) is 6.42 Å². The molecule has 3 unspecified atom stereocenters. The molecule has 12 heavy (non-hydrogen) atoms. The second-order valence-corrected chi connectivity index (χ2v) is 3.59. The molecule has 1 heterocycles. The van der Waals surface area contributed by atoms with Crippen molar-refractivity contribution >= 4 is 5.91 Å². The first-order valence-corrected chi connectivity index (χ1v) is 4.75. The Morgan fingerprint density at radius 1 is 1.58 bits per heavy atom. The minimum atomic E-state index is 0.00926. The molecule has 0 aromatic carbocycles. The van der Waals surface area contributed by atoms with Gasteiger partial charge in [-0.2, -0.15) is 0 Å². The number of hydrogen-bond donors (Lipinski definition) is 1. The van der Waals surface area contributed by atoms with Crippen molar-refractivity contribution in [1.82, 2.24) is 5.32 Å². The summed E-state index contributed by atoms with van der Waals surface area (Å²) in [5.41, 5.74) is 0. The van der Waals surface area contributed by atoms with Crippen LogP contribution in [0.15, 0.2) is 0 Å². The molecule has 0 aromatic rings. The smallest absolute Gasteiger partial charge is 0.225 e. The summed E-state index contributed by atoms with van der Waals surface area (Å²) in [6, 6.07) is 0. The molecule has 0 bridgehead atoms. The highest BCUT2D eigenvalue weighted by atomic mass is 16.5. The summed E-state index contributed by atoms with van der Waals surface area (Å²) < 4.78 is 5.46. The third-order valence-electron chi connectivity index (χ3n) is 2.93. The summed E-state index contributed by atoms with van der Waals surface area (Å²) in [4.78, 5) is 11.3. The molecule has 3 atom stereocenters. The highest BCUT2D eigenvalue weighted by Gasteiger charge is 2.45. The third kappa shape index (κ3) is 1.12. The van der Waals surface area contributed by atoms with Gasteiger partial charge >= 0.3 is 0 Å². The van der Waals surface area contributed by atoms with Gasteiger partial charge in [-0.3, -0.25) is 4.79 Å². The predicted molar refractivity (Wildman–Crippen MR) is 44.4 cm³/mol. The highest BCUT2D eigenvalue weighted by Crippen LogP contribution is 2.38. The van der Waals surface area contributed by atoms with Gasteiger partial charge in [0.15, 0.2) is 0 Å². The molecule has 1 aliphatic carbocycles. The molecule has 2 fully saturated rings. The number of carbonyl (C=O) groups is 1. The van der Waals surface area contributed by atoms with E-state index in [9.17, 15) is 4.79 Å². The molecule has 0 aromatic heterocycles. The number of rotatable bonds is 2. The van der Waals surface area contributed by atoms with Crippen LogP contribution >= 0.6 is 0 Å². The molecule has 1 amide bonds. The Hall–Kier alpha value is -0.570. The van der Waals surface area contributed by atoms with Gasteiger partial charge in [0.05, 0.1) is 0 Å². The number of amides is 1. The minimum absolute atomic E-state index is 0.00926. The standard InChI is InChI=1S/C9H15NO2/c1-2-12-9-7-5-3-4-6(7)8(11)10-9/h6-7,9H,2-5H2,1H3,(H,10,11). The van der Waals surface area contributed by atoms with Crippen molar-refractivity contribution in [2.75, 3.05) is 6.61 Å². The van der Waals surface area contributed by atoms with Gasteiger partial charge in [-0.15, -0.1) is 0 Å². The van der Waals surface area contributed by atoms with E-state index in [-0.39, 0.29) is 18.1 Å². The van der Waals surface area contributed by atoms with Crippen LogP contribution in [0.25, 0.3) is 0 Å². The van der Waals surface area contributed by atoms with E-state index in [4.69, 9.17) is 4.74 Å². The Labute approximate surface area is 72.5 Å². The Morgan fingerprint density at radius 3 is 3.17 bits per heavy atom. The zero-order valence-corrected chi connectivity index (χ0v) is 7.38. The monoisotopic (exact) mass is 169 g/mol. The van der Waals surface area contributed by atoms with Gasteiger partial charge in [0.1, 0.15) is 6.23 Å². The van der Waals surface area contributed by atoms with E-state index in [1.54, 1.807) is 0 Å². The number of ether oxygens (including phenoxy) is 1. The van der Waals surface area contributed by atoms with E-state index >= 15 is 0 Å². The van der Waals surface area contributed by atoms with E-state index in [2.05, 4.69) is 5.32 Å². The first kappa shape index (κ1) is 8.05. The maximum absolute atomic E-state index is 11.3. The van der Waals surface area contributed by atoms with Gasteiger partial charge in [-0.1, -0.05) is 6.42 Å². The van der Waals surface area contributed by atoms with E-state index in [0.717, 1.165) is 12.8 Å². The zero-order valence-electron chi connectivity index (χ0n) is 7.38. The molecule has 2 aliphatic rings. The summed E-state index contributed by atoms with van der Waals surface area (Å²) in [5, 5.41) is 2.90. The zero-order chi connectivity index (χ0) is 8.55. The Bertz CT molecular complexity index is 193. The van der Waals surface area contributed by atoms with Gasteiger partial charge < -0.3 is 10.1 Å². The molecule has 0 spiro atoms.